The third-order valence-electron chi connectivity index (χ3n) is 2.86. The zero-order valence-corrected chi connectivity index (χ0v) is 11.7. The minimum atomic E-state index is 0.105. The zero-order valence-electron chi connectivity index (χ0n) is 11.0. The quantitative estimate of drug-likeness (QED) is 0.935. The molecule has 0 saturated heterocycles. The molecule has 1 amide bonds. The number of carbonyl (C=O) groups excluding carboxylic acids is 1. The number of hydrogen-bond donors (Lipinski definition) is 1. The number of nitrogens with zero attached hydrogens (tertiary/aromatic N) is 2. The molecule has 2 aromatic rings. The van der Waals surface area contributed by atoms with Crippen molar-refractivity contribution in [2.75, 3.05) is 26.0 Å². The summed E-state index contributed by atoms with van der Waals surface area (Å²) in [5.41, 5.74) is 1.81. The molecule has 1 aromatic heterocycles. The van der Waals surface area contributed by atoms with Crippen LogP contribution in [0.4, 0.5) is 5.69 Å². The molecule has 0 aliphatic heterocycles. The van der Waals surface area contributed by atoms with E-state index >= 15 is 0 Å². The van der Waals surface area contributed by atoms with Gasteiger partial charge in [0.2, 0.25) is 5.91 Å². The van der Waals surface area contributed by atoms with Gasteiger partial charge < -0.3 is 10.2 Å². The van der Waals surface area contributed by atoms with Crippen LogP contribution in [0.15, 0.2) is 30.5 Å². The number of rotatable bonds is 4. The Kier molecular flexibility index (Phi) is 4.22. The van der Waals surface area contributed by atoms with E-state index in [1.165, 1.54) is 0 Å². The van der Waals surface area contributed by atoms with E-state index < -0.39 is 0 Å². The van der Waals surface area contributed by atoms with Crippen molar-refractivity contribution in [3.05, 3.63) is 35.5 Å². The first-order chi connectivity index (χ1) is 9.08. The maximum absolute atomic E-state index is 11.5. The van der Waals surface area contributed by atoms with Crippen molar-refractivity contribution in [2.45, 2.75) is 6.42 Å². The van der Waals surface area contributed by atoms with Gasteiger partial charge in [-0.3, -0.25) is 9.78 Å². The summed E-state index contributed by atoms with van der Waals surface area (Å²) in [6.07, 6.45) is 2.19. The summed E-state index contributed by atoms with van der Waals surface area (Å²) in [7, 11) is 3.51. The van der Waals surface area contributed by atoms with Gasteiger partial charge in [-0.05, 0) is 24.3 Å². The first-order valence-corrected chi connectivity index (χ1v) is 6.44. The van der Waals surface area contributed by atoms with Gasteiger partial charge in [0, 0.05) is 49.4 Å². The molecule has 100 valence electrons. The Morgan fingerprint density at radius 1 is 1.37 bits per heavy atom. The molecule has 0 spiro atoms. The van der Waals surface area contributed by atoms with Crippen LogP contribution in [0.25, 0.3) is 10.9 Å². The Morgan fingerprint density at radius 2 is 2.16 bits per heavy atom. The van der Waals surface area contributed by atoms with Gasteiger partial charge >= 0.3 is 0 Å². The second-order valence-corrected chi connectivity index (χ2v) is 4.92. The van der Waals surface area contributed by atoms with Crippen LogP contribution in [0.5, 0.6) is 0 Å². The maximum atomic E-state index is 11.5. The molecule has 19 heavy (non-hydrogen) atoms. The molecule has 4 nitrogen and oxygen atoms in total. The number of benzene rings is 1. The van der Waals surface area contributed by atoms with Crippen molar-refractivity contribution >= 4 is 34.1 Å². The average molecular weight is 278 g/mol. The van der Waals surface area contributed by atoms with Crippen LogP contribution in [0.2, 0.25) is 5.02 Å². The highest BCUT2D eigenvalue weighted by Gasteiger charge is 2.05. The van der Waals surface area contributed by atoms with Crippen LogP contribution in [0.3, 0.4) is 0 Å². The van der Waals surface area contributed by atoms with Crippen LogP contribution in [0, 0.1) is 0 Å². The van der Waals surface area contributed by atoms with Crippen LogP contribution >= 0.6 is 11.6 Å². The molecule has 0 radical (unpaired) electrons. The number of halogens is 1. The van der Waals surface area contributed by atoms with E-state index in [-0.39, 0.29) is 5.91 Å². The molecule has 1 heterocycles. The number of carbonyl (C=O) groups is 1. The minimum absolute atomic E-state index is 0.105. The van der Waals surface area contributed by atoms with Crippen molar-refractivity contribution in [1.29, 1.82) is 0 Å². The smallest absolute Gasteiger partial charge is 0.223 e. The number of nitrogens with one attached hydrogen (secondary N) is 1. The van der Waals surface area contributed by atoms with E-state index in [0.717, 1.165) is 16.6 Å². The number of aromatic nitrogens is 1. The molecular formula is C14H16ClN3O. The number of anilines is 1. The van der Waals surface area contributed by atoms with E-state index in [0.29, 0.717) is 18.0 Å². The Labute approximate surface area is 117 Å². The third-order valence-corrected chi connectivity index (χ3v) is 3.09. The lowest BCUT2D eigenvalue weighted by atomic mass is 10.2. The molecule has 0 unspecified atom stereocenters. The number of amides is 1. The Morgan fingerprint density at radius 3 is 2.89 bits per heavy atom. The van der Waals surface area contributed by atoms with Gasteiger partial charge in [0.1, 0.15) is 0 Å². The van der Waals surface area contributed by atoms with Gasteiger partial charge in [-0.25, -0.2) is 0 Å². The molecule has 1 aromatic carbocycles. The van der Waals surface area contributed by atoms with Gasteiger partial charge in [0.05, 0.1) is 5.52 Å². The fourth-order valence-electron chi connectivity index (χ4n) is 1.80. The first-order valence-electron chi connectivity index (χ1n) is 6.06. The van der Waals surface area contributed by atoms with E-state index in [4.69, 9.17) is 11.6 Å². The van der Waals surface area contributed by atoms with Crippen molar-refractivity contribution < 1.29 is 4.79 Å². The van der Waals surface area contributed by atoms with Crippen molar-refractivity contribution in [3.63, 3.8) is 0 Å². The molecule has 0 fully saturated rings. The van der Waals surface area contributed by atoms with E-state index in [1.54, 1.807) is 25.2 Å². The molecule has 0 aliphatic rings. The zero-order chi connectivity index (χ0) is 13.8. The summed E-state index contributed by atoms with van der Waals surface area (Å²) in [4.78, 5) is 17.4. The Balaban J connectivity index is 2.11. The second kappa shape index (κ2) is 5.89. The lowest BCUT2D eigenvalue weighted by molar-refractivity contribution is -0.128. The Bertz CT molecular complexity index is 598. The molecule has 0 bridgehead atoms. The van der Waals surface area contributed by atoms with Gasteiger partial charge in [-0.15, -0.1) is 0 Å². The summed E-state index contributed by atoms with van der Waals surface area (Å²) in [5.74, 6) is 0.105. The van der Waals surface area contributed by atoms with Crippen LogP contribution in [0.1, 0.15) is 6.42 Å². The number of fused-ring (bicyclic) bond motifs is 1. The average Bonchev–Trinajstić information content (AvgIpc) is 2.38. The number of pyridine rings is 1. The van der Waals surface area contributed by atoms with Crippen molar-refractivity contribution in [3.8, 4) is 0 Å². The molecule has 2 rings (SSSR count). The first kappa shape index (κ1) is 13.6. The summed E-state index contributed by atoms with van der Waals surface area (Å²) in [6, 6.07) is 7.49. The van der Waals surface area contributed by atoms with E-state index in [1.807, 2.05) is 24.3 Å². The van der Waals surface area contributed by atoms with Crippen LogP contribution < -0.4 is 5.32 Å². The predicted molar refractivity (Wildman–Crippen MR) is 78.6 cm³/mol. The minimum Gasteiger partial charge on any atom is -0.384 e. The molecule has 0 aliphatic carbocycles. The van der Waals surface area contributed by atoms with Crippen molar-refractivity contribution in [2.24, 2.45) is 0 Å². The fraction of sp³-hybridized carbons (Fsp3) is 0.286. The highest BCUT2D eigenvalue weighted by Crippen LogP contribution is 2.24. The van der Waals surface area contributed by atoms with Crippen LogP contribution in [-0.2, 0) is 4.79 Å². The maximum Gasteiger partial charge on any atom is 0.223 e. The summed E-state index contributed by atoms with van der Waals surface area (Å²) < 4.78 is 0. The van der Waals surface area contributed by atoms with Gasteiger partial charge in [0.15, 0.2) is 0 Å². The lowest BCUT2D eigenvalue weighted by Gasteiger charge is -2.12. The van der Waals surface area contributed by atoms with Gasteiger partial charge in [-0.2, -0.15) is 0 Å². The third kappa shape index (κ3) is 3.35. The summed E-state index contributed by atoms with van der Waals surface area (Å²) in [6.45, 7) is 0.596. The van der Waals surface area contributed by atoms with E-state index in [2.05, 4.69) is 10.3 Å². The monoisotopic (exact) mass is 277 g/mol. The lowest BCUT2D eigenvalue weighted by Crippen LogP contribution is -2.23. The highest BCUT2D eigenvalue weighted by atomic mass is 35.5. The van der Waals surface area contributed by atoms with E-state index in [9.17, 15) is 4.79 Å². The summed E-state index contributed by atoms with van der Waals surface area (Å²) >= 11 is 5.94. The molecular weight excluding hydrogens is 262 g/mol. The molecule has 5 heteroatoms. The Hall–Kier alpha value is -1.81. The standard InChI is InChI=1S/C14H16ClN3O/c1-18(2)14(19)6-8-16-12-5-7-17-13-9-10(15)3-4-11(12)13/h3-5,7,9H,6,8H2,1-2H3,(H,16,17). The van der Waals surface area contributed by atoms with Crippen LogP contribution in [-0.4, -0.2) is 36.4 Å². The summed E-state index contributed by atoms with van der Waals surface area (Å²) in [5, 5.41) is 4.93. The molecule has 0 saturated carbocycles. The second-order valence-electron chi connectivity index (χ2n) is 4.48. The number of hydrogen-bond acceptors (Lipinski definition) is 3. The predicted octanol–water partition coefficient (Wildman–Crippen LogP) is 2.78. The fourth-order valence-corrected chi connectivity index (χ4v) is 1.97. The normalized spacial score (nSPS) is 10.5. The van der Waals surface area contributed by atoms with Crippen molar-refractivity contribution in [1.82, 2.24) is 9.88 Å². The molecule has 0 atom stereocenters. The topological polar surface area (TPSA) is 45.2 Å². The van der Waals surface area contributed by atoms with Gasteiger partial charge in [0.25, 0.3) is 0 Å². The highest BCUT2D eigenvalue weighted by molar-refractivity contribution is 6.31. The van der Waals surface area contributed by atoms with Gasteiger partial charge in [-0.1, -0.05) is 11.6 Å². The SMILES string of the molecule is CN(C)C(=O)CCNc1ccnc2cc(Cl)ccc12. The largest absolute Gasteiger partial charge is 0.384 e. The molecule has 1 N–H and O–H groups in total.